The fraction of sp³-hybridized carbons (Fsp3) is 0.643. The maximum absolute atomic E-state index is 5.65. The van der Waals surface area contributed by atoms with Crippen LogP contribution in [0.1, 0.15) is 30.1 Å². The topological polar surface area (TPSA) is 64.9 Å². The largest absolute Gasteiger partial charge is 0.379 e. The van der Waals surface area contributed by atoms with Gasteiger partial charge in [-0.25, -0.2) is 9.67 Å². The van der Waals surface area contributed by atoms with Crippen LogP contribution in [0.2, 0.25) is 0 Å². The Morgan fingerprint density at radius 3 is 2.95 bits per heavy atom. The molecule has 6 nitrogen and oxygen atoms in total. The third-order valence-electron chi connectivity index (χ3n) is 3.06. The SMILES string of the molecule is Cc1ncsc1CCOCCn1cc(CNC(C)C)nn1. The minimum absolute atomic E-state index is 0.452. The van der Waals surface area contributed by atoms with E-state index in [0.29, 0.717) is 12.6 Å². The number of nitrogens with zero attached hydrogens (tertiary/aromatic N) is 4. The van der Waals surface area contributed by atoms with Crippen molar-refractivity contribution in [1.82, 2.24) is 25.3 Å². The Hall–Kier alpha value is -1.31. The highest BCUT2D eigenvalue weighted by Crippen LogP contribution is 2.12. The lowest BCUT2D eigenvalue weighted by Crippen LogP contribution is -2.21. The normalized spacial score (nSPS) is 11.4. The summed E-state index contributed by atoms with van der Waals surface area (Å²) in [4.78, 5) is 5.53. The summed E-state index contributed by atoms with van der Waals surface area (Å²) in [5, 5.41) is 11.5. The first-order valence-electron chi connectivity index (χ1n) is 7.24. The van der Waals surface area contributed by atoms with Crippen LogP contribution in [-0.2, 0) is 24.2 Å². The molecule has 0 aliphatic heterocycles. The minimum atomic E-state index is 0.452. The third kappa shape index (κ3) is 5.53. The van der Waals surface area contributed by atoms with Crippen molar-refractivity contribution < 1.29 is 4.74 Å². The molecule has 2 aromatic rings. The molecule has 0 saturated carbocycles. The Bertz CT molecular complexity index is 537. The Kier molecular flexibility index (Phi) is 6.28. The summed E-state index contributed by atoms with van der Waals surface area (Å²) in [6, 6.07) is 0.452. The van der Waals surface area contributed by atoms with Crippen molar-refractivity contribution in [3.05, 3.63) is 28.0 Å². The van der Waals surface area contributed by atoms with Crippen LogP contribution in [0, 0.1) is 6.92 Å². The Morgan fingerprint density at radius 2 is 2.24 bits per heavy atom. The van der Waals surface area contributed by atoms with E-state index in [9.17, 15) is 0 Å². The van der Waals surface area contributed by atoms with E-state index in [-0.39, 0.29) is 0 Å². The lowest BCUT2D eigenvalue weighted by atomic mass is 10.3. The monoisotopic (exact) mass is 309 g/mol. The maximum atomic E-state index is 5.65. The van der Waals surface area contributed by atoms with Gasteiger partial charge in [0.15, 0.2) is 0 Å². The molecule has 2 rings (SSSR count). The molecular weight excluding hydrogens is 286 g/mol. The fourth-order valence-corrected chi connectivity index (χ4v) is 2.59. The summed E-state index contributed by atoms with van der Waals surface area (Å²) in [6.45, 7) is 9.12. The van der Waals surface area contributed by atoms with E-state index in [2.05, 4.69) is 34.5 Å². The highest BCUT2D eigenvalue weighted by atomic mass is 32.1. The van der Waals surface area contributed by atoms with Gasteiger partial charge in [-0.3, -0.25) is 0 Å². The molecule has 0 atom stereocenters. The average Bonchev–Trinajstić information content (AvgIpc) is 3.06. The van der Waals surface area contributed by atoms with Crippen molar-refractivity contribution in [2.45, 2.75) is 46.3 Å². The molecule has 0 saturated heterocycles. The summed E-state index contributed by atoms with van der Waals surface area (Å²) >= 11 is 1.69. The van der Waals surface area contributed by atoms with Crippen LogP contribution in [0.4, 0.5) is 0 Å². The first-order chi connectivity index (χ1) is 10.1. The van der Waals surface area contributed by atoms with Gasteiger partial charge in [-0.05, 0) is 6.92 Å². The van der Waals surface area contributed by atoms with E-state index in [1.165, 1.54) is 4.88 Å². The van der Waals surface area contributed by atoms with E-state index in [4.69, 9.17) is 4.74 Å². The molecular formula is C14H23N5OS. The molecule has 0 aliphatic carbocycles. The van der Waals surface area contributed by atoms with Crippen molar-refractivity contribution >= 4 is 11.3 Å². The zero-order valence-electron chi connectivity index (χ0n) is 12.9. The van der Waals surface area contributed by atoms with Gasteiger partial charge in [0, 0.05) is 30.1 Å². The molecule has 0 aromatic carbocycles. The summed E-state index contributed by atoms with van der Waals surface area (Å²) in [5.41, 5.74) is 3.96. The van der Waals surface area contributed by atoms with Crippen LogP contribution < -0.4 is 5.32 Å². The van der Waals surface area contributed by atoms with Crippen LogP contribution in [0.25, 0.3) is 0 Å². The predicted molar refractivity (Wildman–Crippen MR) is 83.4 cm³/mol. The number of thiazole rings is 1. The van der Waals surface area contributed by atoms with Crippen LogP contribution in [-0.4, -0.2) is 39.2 Å². The van der Waals surface area contributed by atoms with Crippen molar-refractivity contribution in [3.63, 3.8) is 0 Å². The van der Waals surface area contributed by atoms with Gasteiger partial charge in [0.1, 0.15) is 0 Å². The van der Waals surface area contributed by atoms with Gasteiger partial charge in [-0.15, -0.1) is 16.4 Å². The van der Waals surface area contributed by atoms with Gasteiger partial charge >= 0.3 is 0 Å². The van der Waals surface area contributed by atoms with Crippen LogP contribution >= 0.6 is 11.3 Å². The number of aromatic nitrogens is 4. The van der Waals surface area contributed by atoms with E-state index in [1.54, 1.807) is 11.3 Å². The van der Waals surface area contributed by atoms with Gasteiger partial charge in [0.25, 0.3) is 0 Å². The highest BCUT2D eigenvalue weighted by Gasteiger charge is 2.03. The second kappa shape index (κ2) is 8.21. The summed E-state index contributed by atoms with van der Waals surface area (Å²) < 4.78 is 7.48. The van der Waals surface area contributed by atoms with Crippen molar-refractivity contribution in [2.24, 2.45) is 0 Å². The second-order valence-electron chi connectivity index (χ2n) is 5.23. The summed E-state index contributed by atoms with van der Waals surface area (Å²) in [7, 11) is 0. The molecule has 0 amide bonds. The lowest BCUT2D eigenvalue weighted by Gasteiger charge is -2.04. The number of ether oxygens (including phenoxy) is 1. The first kappa shape index (κ1) is 16.1. The van der Waals surface area contributed by atoms with Crippen LogP contribution in [0.5, 0.6) is 0 Å². The molecule has 116 valence electrons. The molecule has 0 bridgehead atoms. The molecule has 0 fully saturated rings. The fourth-order valence-electron chi connectivity index (χ4n) is 1.83. The molecule has 1 N–H and O–H groups in total. The number of hydrogen-bond acceptors (Lipinski definition) is 6. The number of rotatable bonds is 9. The maximum Gasteiger partial charge on any atom is 0.0964 e. The highest BCUT2D eigenvalue weighted by molar-refractivity contribution is 7.09. The van der Waals surface area contributed by atoms with Gasteiger partial charge < -0.3 is 10.1 Å². The molecule has 2 aromatic heterocycles. The van der Waals surface area contributed by atoms with Gasteiger partial charge in [-0.2, -0.15) is 0 Å². The quantitative estimate of drug-likeness (QED) is 0.716. The third-order valence-corrected chi connectivity index (χ3v) is 4.06. The number of aryl methyl sites for hydroxylation is 1. The molecule has 0 aliphatic rings. The van der Waals surface area contributed by atoms with E-state index >= 15 is 0 Å². The smallest absolute Gasteiger partial charge is 0.0964 e. The number of nitrogens with one attached hydrogen (secondary N) is 1. The zero-order valence-corrected chi connectivity index (χ0v) is 13.7. The molecule has 0 unspecified atom stereocenters. The van der Waals surface area contributed by atoms with Crippen molar-refractivity contribution in [2.75, 3.05) is 13.2 Å². The molecule has 21 heavy (non-hydrogen) atoms. The minimum Gasteiger partial charge on any atom is -0.379 e. The second-order valence-corrected chi connectivity index (χ2v) is 6.17. The van der Waals surface area contributed by atoms with Gasteiger partial charge in [-0.1, -0.05) is 19.1 Å². The predicted octanol–water partition coefficient (Wildman–Crippen LogP) is 1.80. The Morgan fingerprint density at radius 1 is 1.38 bits per heavy atom. The molecule has 7 heteroatoms. The average molecular weight is 309 g/mol. The molecule has 0 radical (unpaired) electrons. The van der Waals surface area contributed by atoms with Gasteiger partial charge in [0.2, 0.25) is 0 Å². The van der Waals surface area contributed by atoms with Crippen molar-refractivity contribution in [1.29, 1.82) is 0 Å². The summed E-state index contributed by atoms with van der Waals surface area (Å²) in [6.07, 6.45) is 2.89. The van der Waals surface area contributed by atoms with Crippen molar-refractivity contribution in [3.8, 4) is 0 Å². The van der Waals surface area contributed by atoms with Crippen LogP contribution in [0.15, 0.2) is 11.7 Å². The molecule has 0 spiro atoms. The number of hydrogen-bond donors (Lipinski definition) is 1. The Balaban J connectivity index is 1.61. The lowest BCUT2D eigenvalue weighted by molar-refractivity contribution is 0.126. The zero-order chi connectivity index (χ0) is 15.1. The Labute approximate surface area is 129 Å². The van der Waals surface area contributed by atoms with E-state index < -0.39 is 0 Å². The molecule has 2 heterocycles. The van der Waals surface area contributed by atoms with Gasteiger partial charge in [0.05, 0.1) is 36.7 Å². The van der Waals surface area contributed by atoms with E-state index in [0.717, 1.165) is 37.5 Å². The summed E-state index contributed by atoms with van der Waals surface area (Å²) in [5.74, 6) is 0. The van der Waals surface area contributed by atoms with E-state index in [1.807, 2.05) is 23.3 Å². The van der Waals surface area contributed by atoms with Crippen LogP contribution in [0.3, 0.4) is 0 Å². The first-order valence-corrected chi connectivity index (χ1v) is 8.12. The standard InChI is InChI=1S/C14H23N5OS/c1-11(2)15-8-13-9-19(18-17-13)5-7-20-6-4-14-12(3)16-10-21-14/h9-11,15H,4-8H2,1-3H3.